The van der Waals surface area contributed by atoms with Crippen molar-refractivity contribution >= 4 is 10.0 Å². The van der Waals surface area contributed by atoms with E-state index in [4.69, 9.17) is 0 Å². The predicted octanol–water partition coefficient (Wildman–Crippen LogP) is 1.56. The fourth-order valence-electron chi connectivity index (χ4n) is 4.03. The Balaban J connectivity index is 1.61. The quantitative estimate of drug-likeness (QED) is 0.833. The second-order valence-corrected chi connectivity index (χ2v) is 9.46. The van der Waals surface area contributed by atoms with Crippen LogP contribution in [0.4, 0.5) is 4.39 Å². The lowest BCUT2D eigenvalue weighted by molar-refractivity contribution is 0.238. The van der Waals surface area contributed by atoms with Gasteiger partial charge in [-0.3, -0.25) is 9.69 Å². The summed E-state index contributed by atoms with van der Waals surface area (Å²) >= 11 is 0. The zero-order chi connectivity index (χ0) is 19.9. The Morgan fingerprint density at radius 3 is 2.71 bits per heavy atom. The summed E-state index contributed by atoms with van der Waals surface area (Å²) < 4.78 is 38.3. The molecule has 2 aromatic rings. The number of sulfonamides is 1. The van der Waals surface area contributed by atoms with Gasteiger partial charge in [0.2, 0.25) is 10.0 Å². The monoisotopic (exact) mass is 406 g/mol. The molecular formula is C19H23FN4O3S. The molecule has 1 aromatic carbocycles. The van der Waals surface area contributed by atoms with Crippen LogP contribution in [0.1, 0.15) is 41.5 Å². The third-order valence-electron chi connectivity index (χ3n) is 5.50. The van der Waals surface area contributed by atoms with Crippen molar-refractivity contribution < 1.29 is 12.8 Å². The van der Waals surface area contributed by atoms with E-state index in [9.17, 15) is 17.6 Å². The summed E-state index contributed by atoms with van der Waals surface area (Å²) in [5.74, 6) is 0.316. The van der Waals surface area contributed by atoms with Crippen molar-refractivity contribution in [2.45, 2.75) is 38.4 Å². The number of rotatable bonds is 4. The molecule has 1 aromatic heterocycles. The molecular weight excluding hydrogens is 383 g/mol. The minimum Gasteiger partial charge on any atom is -0.309 e. The molecule has 2 aliphatic heterocycles. The maximum atomic E-state index is 13.2. The number of hydrogen-bond acceptors (Lipinski definition) is 5. The van der Waals surface area contributed by atoms with Gasteiger partial charge in [-0.1, -0.05) is 12.1 Å². The van der Waals surface area contributed by atoms with Crippen LogP contribution in [0.2, 0.25) is 0 Å². The van der Waals surface area contributed by atoms with E-state index in [1.54, 1.807) is 12.1 Å². The molecule has 1 saturated heterocycles. The zero-order valence-electron chi connectivity index (χ0n) is 15.7. The molecule has 0 unspecified atom stereocenters. The maximum absolute atomic E-state index is 13.2. The fourth-order valence-corrected chi connectivity index (χ4v) is 4.80. The van der Waals surface area contributed by atoms with E-state index in [0.717, 1.165) is 24.9 Å². The number of aromatic amines is 1. The number of benzene rings is 1. The highest BCUT2D eigenvalue weighted by Crippen LogP contribution is 2.31. The summed E-state index contributed by atoms with van der Waals surface area (Å²) in [6.45, 7) is 1.94. The second-order valence-electron chi connectivity index (χ2n) is 7.48. The van der Waals surface area contributed by atoms with Crippen LogP contribution >= 0.6 is 0 Å². The molecule has 0 spiro atoms. The lowest BCUT2D eigenvalue weighted by atomic mass is 10.1. The molecule has 3 heterocycles. The zero-order valence-corrected chi connectivity index (χ0v) is 16.5. The fraction of sp³-hybridized carbons (Fsp3) is 0.474. The van der Waals surface area contributed by atoms with Crippen molar-refractivity contribution in [3.63, 3.8) is 0 Å². The van der Waals surface area contributed by atoms with E-state index in [1.165, 1.54) is 22.7 Å². The standard InChI is InChI=1S/C19H23FN4O3S/c1-28(26,27)24-10-8-15-16(12-24)21-18(22-19(15)25)17-3-2-9-23(17)11-13-4-6-14(20)7-5-13/h4-7,17H,2-3,8-12H2,1H3,(H,21,22,25)/t17-/m0/s1. The van der Waals surface area contributed by atoms with Crippen molar-refractivity contribution in [2.75, 3.05) is 19.3 Å². The molecule has 0 bridgehead atoms. The van der Waals surface area contributed by atoms with Crippen LogP contribution in [0.5, 0.6) is 0 Å². The normalized spacial score (nSPS) is 21.0. The van der Waals surface area contributed by atoms with E-state index in [2.05, 4.69) is 14.9 Å². The molecule has 150 valence electrons. The van der Waals surface area contributed by atoms with E-state index < -0.39 is 10.0 Å². The van der Waals surface area contributed by atoms with Crippen molar-refractivity contribution in [1.29, 1.82) is 0 Å². The van der Waals surface area contributed by atoms with Crippen molar-refractivity contribution in [3.05, 3.63) is 63.1 Å². The smallest absolute Gasteiger partial charge is 0.254 e. The molecule has 1 atom stereocenters. The summed E-state index contributed by atoms with van der Waals surface area (Å²) in [5, 5.41) is 0. The number of hydrogen-bond donors (Lipinski definition) is 1. The van der Waals surface area contributed by atoms with Gasteiger partial charge in [-0.2, -0.15) is 4.31 Å². The number of halogens is 1. The third-order valence-corrected chi connectivity index (χ3v) is 6.75. The first kappa shape index (κ1) is 19.2. The van der Waals surface area contributed by atoms with Gasteiger partial charge in [-0.05, 0) is 43.5 Å². The van der Waals surface area contributed by atoms with Gasteiger partial charge in [0.05, 0.1) is 24.5 Å². The van der Waals surface area contributed by atoms with E-state index in [0.29, 0.717) is 36.6 Å². The highest BCUT2D eigenvalue weighted by Gasteiger charge is 2.31. The first-order valence-corrected chi connectivity index (χ1v) is 11.2. The highest BCUT2D eigenvalue weighted by atomic mass is 32.2. The van der Waals surface area contributed by atoms with Gasteiger partial charge in [-0.25, -0.2) is 17.8 Å². The van der Waals surface area contributed by atoms with Crippen molar-refractivity contribution in [2.24, 2.45) is 0 Å². The van der Waals surface area contributed by atoms with Gasteiger partial charge in [0.1, 0.15) is 11.6 Å². The molecule has 4 rings (SSSR count). The Bertz CT molecular complexity index is 1040. The number of aromatic nitrogens is 2. The molecule has 0 saturated carbocycles. The molecule has 9 heteroatoms. The number of likely N-dealkylation sites (tertiary alicyclic amines) is 1. The lowest BCUT2D eigenvalue weighted by Crippen LogP contribution is -2.39. The Hall–Kier alpha value is -2.10. The molecule has 7 nitrogen and oxygen atoms in total. The Kier molecular flexibility index (Phi) is 5.07. The molecule has 2 aliphatic rings. The predicted molar refractivity (Wildman–Crippen MR) is 103 cm³/mol. The van der Waals surface area contributed by atoms with Crippen LogP contribution in [-0.4, -0.2) is 46.9 Å². The third kappa shape index (κ3) is 3.87. The number of H-pyrrole nitrogens is 1. The topological polar surface area (TPSA) is 86.4 Å². The van der Waals surface area contributed by atoms with E-state index in [-0.39, 0.29) is 24.0 Å². The Morgan fingerprint density at radius 1 is 1.25 bits per heavy atom. The van der Waals surface area contributed by atoms with Gasteiger partial charge in [0.25, 0.3) is 5.56 Å². The number of nitrogens with one attached hydrogen (secondary N) is 1. The van der Waals surface area contributed by atoms with Crippen LogP contribution < -0.4 is 5.56 Å². The molecule has 0 aliphatic carbocycles. The minimum atomic E-state index is -3.33. The molecule has 1 N–H and O–H groups in total. The largest absolute Gasteiger partial charge is 0.309 e. The van der Waals surface area contributed by atoms with Crippen LogP contribution in [0.15, 0.2) is 29.1 Å². The lowest BCUT2D eigenvalue weighted by Gasteiger charge is -2.28. The summed E-state index contributed by atoms with van der Waals surface area (Å²) in [4.78, 5) is 22.4. The average molecular weight is 406 g/mol. The second kappa shape index (κ2) is 7.38. The van der Waals surface area contributed by atoms with Gasteiger partial charge in [0, 0.05) is 18.7 Å². The minimum absolute atomic E-state index is 0.0448. The summed E-state index contributed by atoms with van der Waals surface area (Å²) in [6, 6.07) is 6.37. The van der Waals surface area contributed by atoms with Crippen LogP contribution in [-0.2, 0) is 29.5 Å². The van der Waals surface area contributed by atoms with Gasteiger partial charge < -0.3 is 4.98 Å². The van der Waals surface area contributed by atoms with Gasteiger partial charge >= 0.3 is 0 Å². The first-order chi connectivity index (χ1) is 13.3. The van der Waals surface area contributed by atoms with Crippen molar-refractivity contribution in [3.8, 4) is 0 Å². The SMILES string of the molecule is CS(=O)(=O)N1CCc2c(nc([C@@H]3CCCN3Cc3ccc(F)cc3)[nH]c2=O)C1. The maximum Gasteiger partial charge on any atom is 0.254 e. The summed E-state index contributed by atoms with van der Waals surface area (Å²) in [6.07, 6.45) is 3.38. The molecule has 1 fully saturated rings. The summed E-state index contributed by atoms with van der Waals surface area (Å²) in [5.41, 5.74) is 1.94. The number of fused-ring (bicyclic) bond motifs is 1. The molecule has 0 amide bonds. The van der Waals surface area contributed by atoms with E-state index >= 15 is 0 Å². The summed E-state index contributed by atoms with van der Waals surface area (Å²) in [7, 11) is -3.33. The van der Waals surface area contributed by atoms with Crippen molar-refractivity contribution in [1.82, 2.24) is 19.2 Å². The molecule has 28 heavy (non-hydrogen) atoms. The van der Waals surface area contributed by atoms with Gasteiger partial charge in [0.15, 0.2) is 0 Å². The first-order valence-electron chi connectivity index (χ1n) is 9.37. The van der Waals surface area contributed by atoms with Crippen LogP contribution in [0.25, 0.3) is 0 Å². The highest BCUT2D eigenvalue weighted by molar-refractivity contribution is 7.88. The van der Waals surface area contributed by atoms with E-state index in [1.807, 2.05) is 0 Å². The Morgan fingerprint density at radius 2 is 2.00 bits per heavy atom. The molecule has 0 radical (unpaired) electrons. The van der Waals surface area contributed by atoms with Gasteiger partial charge in [-0.15, -0.1) is 0 Å². The van der Waals surface area contributed by atoms with Crippen LogP contribution in [0, 0.1) is 5.82 Å². The number of nitrogens with zero attached hydrogens (tertiary/aromatic N) is 3. The average Bonchev–Trinajstić information content (AvgIpc) is 3.10. The van der Waals surface area contributed by atoms with Crippen LogP contribution in [0.3, 0.4) is 0 Å². The Labute approximate surface area is 163 Å².